The van der Waals surface area contributed by atoms with Crippen LogP contribution in [-0.4, -0.2) is 43.5 Å². The Labute approximate surface area is 71.5 Å². The van der Waals surface area contributed by atoms with Gasteiger partial charge in [0.05, 0.1) is 13.2 Å². The summed E-state index contributed by atoms with van der Waals surface area (Å²) in [6, 6.07) is 0. The highest BCUT2D eigenvalue weighted by Gasteiger charge is 2.08. The third-order valence-corrected chi connectivity index (χ3v) is 1.08. The molecule has 12 heavy (non-hydrogen) atoms. The third-order valence-electron chi connectivity index (χ3n) is 1.08. The van der Waals surface area contributed by atoms with Crippen molar-refractivity contribution in [3.8, 4) is 0 Å². The van der Waals surface area contributed by atoms with Gasteiger partial charge in [-0.3, -0.25) is 0 Å². The number of esters is 1. The molecule has 0 heterocycles. The van der Waals surface area contributed by atoms with Crippen LogP contribution in [-0.2, 0) is 14.3 Å². The molecule has 5 nitrogen and oxygen atoms in total. The molecule has 0 fully saturated rings. The van der Waals surface area contributed by atoms with E-state index in [1.54, 1.807) is 0 Å². The number of rotatable bonds is 6. The summed E-state index contributed by atoms with van der Waals surface area (Å²) in [6.45, 7) is 2.72. The number of aliphatic hydroxyl groups excluding tert-OH is 1. The molecule has 1 atom stereocenters. The van der Waals surface area contributed by atoms with E-state index in [0.717, 1.165) is 0 Å². The topological polar surface area (TPSA) is 81.8 Å². The molecule has 0 aliphatic carbocycles. The molecule has 1 unspecified atom stereocenters. The highest BCUT2D eigenvalue weighted by atomic mass is 16.6. The van der Waals surface area contributed by atoms with Crippen molar-refractivity contribution in [2.24, 2.45) is 5.73 Å². The van der Waals surface area contributed by atoms with Crippen LogP contribution in [0.4, 0.5) is 0 Å². The number of hydrogen-bond donors (Lipinski definition) is 2. The monoisotopic (exact) mass is 177 g/mol. The number of hydrogen-bond acceptors (Lipinski definition) is 5. The molecule has 5 heteroatoms. The zero-order valence-electron chi connectivity index (χ0n) is 7.16. The second kappa shape index (κ2) is 7.02. The maximum atomic E-state index is 10.6. The van der Waals surface area contributed by atoms with Gasteiger partial charge < -0.3 is 20.3 Å². The number of ether oxygens (including phenoxy) is 2. The Bertz CT molecular complexity index is 127. The van der Waals surface area contributed by atoms with Gasteiger partial charge in [-0.25, -0.2) is 4.79 Å². The van der Waals surface area contributed by atoms with Crippen molar-refractivity contribution < 1.29 is 19.4 Å². The van der Waals surface area contributed by atoms with E-state index in [1.165, 1.54) is 6.92 Å². The Morgan fingerprint density at radius 2 is 2.17 bits per heavy atom. The number of carbonyl (C=O) groups excluding carboxylic acids is 1. The van der Waals surface area contributed by atoms with Crippen molar-refractivity contribution >= 4 is 5.97 Å². The molecule has 0 aliphatic rings. The molecule has 0 amide bonds. The summed E-state index contributed by atoms with van der Waals surface area (Å²) in [7, 11) is 0. The first-order valence-electron chi connectivity index (χ1n) is 3.81. The lowest BCUT2D eigenvalue weighted by atomic mass is 10.4. The fraction of sp³-hybridized carbons (Fsp3) is 0.857. The Kier molecular flexibility index (Phi) is 6.64. The number of aliphatic hydroxyl groups is 1. The molecule has 0 aromatic rings. The van der Waals surface area contributed by atoms with Crippen molar-refractivity contribution in [3.63, 3.8) is 0 Å². The van der Waals surface area contributed by atoms with Gasteiger partial charge in [0.1, 0.15) is 12.7 Å². The Hall–Kier alpha value is -0.650. The van der Waals surface area contributed by atoms with E-state index in [1.807, 2.05) is 0 Å². The Morgan fingerprint density at radius 1 is 1.50 bits per heavy atom. The fourth-order valence-corrected chi connectivity index (χ4v) is 0.507. The molecule has 0 saturated carbocycles. The first kappa shape index (κ1) is 11.4. The summed E-state index contributed by atoms with van der Waals surface area (Å²) in [6.07, 6.45) is -1.07. The summed E-state index contributed by atoms with van der Waals surface area (Å²) in [4.78, 5) is 10.6. The van der Waals surface area contributed by atoms with Crippen molar-refractivity contribution in [2.75, 3.05) is 26.4 Å². The van der Waals surface area contributed by atoms with E-state index in [9.17, 15) is 4.79 Å². The van der Waals surface area contributed by atoms with Crippen molar-refractivity contribution in [1.82, 2.24) is 0 Å². The molecular weight excluding hydrogens is 162 g/mol. The van der Waals surface area contributed by atoms with E-state index in [0.29, 0.717) is 19.8 Å². The standard InChI is InChI=1S/C7H15NO4/c1-6(9)7(10)12-5-4-11-3-2-8/h6,9H,2-5,8H2,1H3. The zero-order chi connectivity index (χ0) is 9.40. The minimum Gasteiger partial charge on any atom is -0.461 e. The predicted octanol–water partition coefficient (Wildman–Crippen LogP) is -1.11. The van der Waals surface area contributed by atoms with Crippen LogP contribution < -0.4 is 5.73 Å². The lowest BCUT2D eigenvalue weighted by molar-refractivity contribution is -0.154. The largest absolute Gasteiger partial charge is 0.461 e. The van der Waals surface area contributed by atoms with Crippen LogP contribution in [0.2, 0.25) is 0 Å². The Balaban J connectivity index is 3.14. The summed E-state index contributed by atoms with van der Waals surface area (Å²) >= 11 is 0. The SMILES string of the molecule is CC(O)C(=O)OCCOCCN. The average Bonchev–Trinajstić information content (AvgIpc) is 2.03. The summed E-state index contributed by atoms with van der Waals surface area (Å²) in [5.41, 5.74) is 5.15. The average molecular weight is 177 g/mol. The molecule has 0 aliphatic heterocycles. The second-order valence-electron chi connectivity index (χ2n) is 2.24. The van der Waals surface area contributed by atoms with Crippen molar-refractivity contribution in [2.45, 2.75) is 13.0 Å². The second-order valence-corrected chi connectivity index (χ2v) is 2.24. The number of nitrogens with two attached hydrogens (primary N) is 1. The summed E-state index contributed by atoms with van der Waals surface area (Å²) < 4.78 is 9.52. The van der Waals surface area contributed by atoms with Crippen LogP contribution in [0, 0.1) is 0 Å². The highest BCUT2D eigenvalue weighted by Crippen LogP contribution is 1.86. The van der Waals surface area contributed by atoms with Crippen LogP contribution in [0.25, 0.3) is 0 Å². The van der Waals surface area contributed by atoms with E-state index in [-0.39, 0.29) is 6.61 Å². The predicted molar refractivity (Wildman–Crippen MR) is 42.5 cm³/mol. The van der Waals surface area contributed by atoms with Gasteiger partial charge in [-0.15, -0.1) is 0 Å². The maximum absolute atomic E-state index is 10.6. The summed E-state index contributed by atoms with van der Waals surface area (Å²) in [5, 5.41) is 8.69. The molecule has 0 rings (SSSR count). The van der Waals surface area contributed by atoms with Crippen LogP contribution in [0.1, 0.15) is 6.92 Å². The smallest absolute Gasteiger partial charge is 0.334 e. The molecule has 0 aromatic heterocycles. The first-order chi connectivity index (χ1) is 5.68. The van der Waals surface area contributed by atoms with E-state index < -0.39 is 12.1 Å². The molecule has 0 bridgehead atoms. The van der Waals surface area contributed by atoms with Gasteiger partial charge in [0, 0.05) is 6.54 Å². The van der Waals surface area contributed by atoms with Crippen molar-refractivity contribution in [3.05, 3.63) is 0 Å². The van der Waals surface area contributed by atoms with E-state index in [2.05, 4.69) is 4.74 Å². The van der Waals surface area contributed by atoms with Gasteiger partial charge in [0.25, 0.3) is 0 Å². The van der Waals surface area contributed by atoms with Gasteiger partial charge in [-0.2, -0.15) is 0 Å². The molecule has 0 spiro atoms. The zero-order valence-corrected chi connectivity index (χ0v) is 7.16. The van der Waals surface area contributed by atoms with Crippen LogP contribution >= 0.6 is 0 Å². The van der Waals surface area contributed by atoms with Gasteiger partial charge >= 0.3 is 5.97 Å². The van der Waals surface area contributed by atoms with Gasteiger partial charge in [0.2, 0.25) is 0 Å². The molecule has 3 N–H and O–H groups in total. The maximum Gasteiger partial charge on any atom is 0.334 e. The first-order valence-corrected chi connectivity index (χ1v) is 3.81. The minimum absolute atomic E-state index is 0.156. The molecular formula is C7H15NO4. The summed E-state index contributed by atoms with van der Waals surface area (Å²) in [5.74, 6) is -0.633. The molecule has 72 valence electrons. The molecule has 0 saturated heterocycles. The highest BCUT2D eigenvalue weighted by molar-refractivity contribution is 5.73. The van der Waals surface area contributed by atoms with Crippen LogP contribution in [0.15, 0.2) is 0 Å². The quantitative estimate of drug-likeness (QED) is 0.397. The lowest BCUT2D eigenvalue weighted by Crippen LogP contribution is -2.22. The van der Waals surface area contributed by atoms with Crippen molar-refractivity contribution in [1.29, 1.82) is 0 Å². The lowest BCUT2D eigenvalue weighted by Gasteiger charge is -2.06. The normalized spacial score (nSPS) is 12.6. The molecule has 0 radical (unpaired) electrons. The Morgan fingerprint density at radius 3 is 2.67 bits per heavy atom. The van der Waals surface area contributed by atoms with Gasteiger partial charge in [-0.05, 0) is 6.92 Å². The van der Waals surface area contributed by atoms with Gasteiger partial charge in [0.15, 0.2) is 0 Å². The van der Waals surface area contributed by atoms with E-state index >= 15 is 0 Å². The fourth-order valence-electron chi connectivity index (χ4n) is 0.507. The van der Waals surface area contributed by atoms with E-state index in [4.69, 9.17) is 15.6 Å². The number of carbonyl (C=O) groups is 1. The van der Waals surface area contributed by atoms with Gasteiger partial charge in [-0.1, -0.05) is 0 Å². The van der Waals surface area contributed by atoms with Crippen LogP contribution in [0.5, 0.6) is 0 Å². The molecule has 0 aromatic carbocycles. The third kappa shape index (κ3) is 6.09. The van der Waals surface area contributed by atoms with Crippen LogP contribution in [0.3, 0.4) is 0 Å². The minimum atomic E-state index is -1.07.